The summed E-state index contributed by atoms with van der Waals surface area (Å²) in [5, 5.41) is 16.7. The molecular weight excluding hydrogens is 494 g/mol. The lowest BCUT2D eigenvalue weighted by Crippen LogP contribution is -2.29. The fourth-order valence-corrected chi connectivity index (χ4v) is 4.16. The molecule has 200 valence electrons. The van der Waals surface area contributed by atoms with Crippen molar-refractivity contribution in [2.75, 3.05) is 56.9 Å². The number of rotatable bonds is 10. The van der Waals surface area contributed by atoms with Gasteiger partial charge in [-0.1, -0.05) is 6.58 Å². The Hall–Kier alpha value is -4.95. The number of nitriles is 1. The highest BCUT2D eigenvalue weighted by atomic mass is 16.5. The first-order valence-electron chi connectivity index (χ1n) is 12.2. The van der Waals surface area contributed by atoms with Crippen LogP contribution in [0, 0.1) is 11.3 Å². The lowest BCUT2D eigenvalue weighted by molar-refractivity contribution is -0.111. The molecule has 0 radical (unpaired) electrons. The van der Waals surface area contributed by atoms with E-state index in [0.29, 0.717) is 28.4 Å². The molecule has 1 aromatic carbocycles. The monoisotopic (exact) mass is 525 g/mol. The third kappa shape index (κ3) is 5.81. The molecule has 11 heteroatoms. The van der Waals surface area contributed by atoms with Crippen molar-refractivity contribution in [3.05, 3.63) is 61.1 Å². The highest BCUT2D eigenvalue weighted by molar-refractivity contribution is 6.02. The van der Waals surface area contributed by atoms with Crippen LogP contribution in [0.15, 0.2) is 55.5 Å². The van der Waals surface area contributed by atoms with Crippen molar-refractivity contribution < 1.29 is 9.53 Å². The smallest absolute Gasteiger partial charge is 0.247 e. The summed E-state index contributed by atoms with van der Waals surface area (Å²) in [7, 11) is 9.42. The number of aromatic nitrogens is 4. The number of amides is 1. The maximum atomic E-state index is 12.3. The number of likely N-dealkylation sites (N-methyl/N-ethyl adjacent to an activating group) is 2. The number of methoxy groups -OCH3 is 1. The Kier molecular flexibility index (Phi) is 8.07. The molecule has 3 heterocycles. The zero-order valence-electron chi connectivity index (χ0n) is 22.7. The van der Waals surface area contributed by atoms with E-state index in [-0.39, 0.29) is 11.9 Å². The molecule has 1 amide bonds. The number of hydrogen-bond donors (Lipinski definition) is 2. The van der Waals surface area contributed by atoms with Crippen molar-refractivity contribution in [2.45, 2.75) is 0 Å². The van der Waals surface area contributed by atoms with Crippen LogP contribution in [0.25, 0.3) is 22.3 Å². The topological polar surface area (TPSA) is 124 Å². The summed E-state index contributed by atoms with van der Waals surface area (Å²) >= 11 is 0. The minimum atomic E-state index is -0.338. The van der Waals surface area contributed by atoms with Crippen LogP contribution in [-0.4, -0.2) is 71.7 Å². The Morgan fingerprint density at radius 1 is 1.23 bits per heavy atom. The van der Waals surface area contributed by atoms with Crippen LogP contribution < -0.4 is 20.3 Å². The second kappa shape index (κ2) is 11.6. The SMILES string of the molecule is C=CC(=O)Nc1cc(Nc2ncc(C#N)c(-c3cn(C)c4ncccc34)n2)c(OC)cc1N(C)CCN(C)C. The van der Waals surface area contributed by atoms with Crippen molar-refractivity contribution in [2.24, 2.45) is 7.05 Å². The zero-order valence-corrected chi connectivity index (χ0v) is 22.7. The van der Waals surface area contributed by atoms with Gasteiger partial charge in [0.25, 0.3) is 0 Å². The van der Waals surface area contributed by atoms with E-state index in [1.54, 1.807) is 19.4 Å². The number of nitrogens with zero attached hydrogens (tertiary/aromatic N) is 7. The van der Waals surface area contributed by atoms with Crippen LogP contribution in [0.5, 0.6) is 5.75 Å². The van der Waals surface area contributed by atoms with E-state index in [1.165, 1.54) is 12.3 Å². The summed E-state index contributed by atoms with van der Waals surface area (Å²) in [4.78, 5) is 29.9. The largest absolute Gasteiger partial charge is 0.494 e. The van der Waals surface area contributed by atoms with Gasteiger partial charge in [-0.15, -0.1) is 0 Å². The number of anilines is 4. The molecule has 0 saturated heterocycles. The molecule has 3 aromatic heterocycles. The Morgan fingerprint density at radius 3 is 2.72 bits per heavy atom. The van der Waals surface area contributed by atoms with Gasteiger partial charge in [-0.05, 0) is 38.4 Å². The molecule has 11 nitrogen and oxygen atoms in total. The molecule has 4 aromatic rings. The van der Waals surface area contributed by atoms with Gasteiger partial charge < -0.3 is 29.7 Å². The van der Waals surface area contributed by atoms with Gasteiger partial charge in [0.1, 0.15) is 17.5 Å². The molecule has 0 atom stereocenters. The van der Waals surface area contributed by atoms with Crippen molar-refractivity contribution in [1.29, 1.82) is 5.26 Å². The second-order valence-electron chi connectivity index (χ2n) is 9.21. The average molecular weight is 526 g/mol. The minimum Gasteiger partial charge on any atom is -0.494 e. The molecule has 0 fully saturated rings. The van der Waals surface area contributed by atoms with Gasteiger partial charge in [-0.3, -0.25) is 4.79 Å². The first-order valence-corrected chi connectivity index (χ1v) is 12.2. The summed E-state index contributed by atoms with van der Waals surface area (Å²) < 4.78 is 7.58. The van der Waals surface area contributed by atoms with Gasteiger partial charge in [-0.25, -0.2) is 15.0 Å². The molecule has 0 aliphatic carbocycles. The summed E-state index contributed by atoms with van der Waals surface area (Å²) in [5.41, 5.74) is 4.25. The highest BCUT2D eigenvalue weighted by Gasteiger charge is 2.19. The fourth-order valence-electron chi connectivity index (χ4n) is 4.16. The molecular formula is C28H31N9O2. The number of benzene rings is 1. The van der Waals surface area contributed by atoms with Crippen LogP contribution in [0.2, 0.25) is 0 Å². The number of aryl methyl sites for hydroxylation is 1. The van der Waals surface area contributed by atoms with E-state index < -0.39 is 0 Å². The highest BCUT2D eigenvalue weighted by Crippen LogP contribution is 2.38. The molecule has 0 aliphatic rings. The molecule has 39 heavy (non-hydrogen) atoms. The van der Waals surface area contributed by atoms with Gasteiger partial charge in [0, 0.05) is 56.6 Å². The molecule has 2 N–H and O–H groups in total. The number of ether oxygens (including phenoxy) is 1. The molecule has 0 bridgehead atoms. The Balaban J connectivity index is 1.77. The van der Waals surface area contributed by atoms with Crippen LogP contribution in [0.1, 0.15) is 5.56 Å². The first kappa shape index (κ1) is 27.1. The number of pyridine rings is 1. The predicted octanol–water partition coefficient (Wildman–Crippen LogP) is 3.78. The predicted molar refractivity (Wildman–Crippen MR) is 153 cm³/mol. The third-order valence-corrected chi connectivity index (χ3v) is 6.20. The zero-order chi connectivity index (χ0) is 28.1. The maximum Gasteiger partial charge on any atom is 0.247 e. The second-order valence-corrected chi connectivity index (χ2v) is 9.21. The molecule has 4 rings (SSSR count). The number of fused-ring (bicyclic) bond motifs is 1. The number of carbonyl (C=O) groups is 1. The lowest BCUT2D eigenvalue weighted by atomic mass is 10.1. The van der Waals surface area contributed by atoms with Crippen LogP contribution in [-0.2, 0) is 11.8 Å². The summed E-state index contributed by atoms with van der Waals surface area (Å²) in [6.07, 6.45) is 6.32. The van der Waals surface area contributed by atoms with E-state index in [0.717, 1.165) is 35.4 Å². The van der Waals surface area contributed by atoms with Crippen LogP contribution in [0.4, 0.5) is 23.0 Å². The Bertz CT molecular complexity index is 1570. The van der Waals surface area contributed by atoms with Crippen molar-refractivity contribution >= 4 is 40.0 Å². The van der Waals surface area contributed by atoms with Crippen LogP contribution >= 0.6 is 0 Å². The Labute approximate surface area is 227 Å². The quantitative estimate of drug-likeness (QED) is 0.298. The number of hydrogen-bond acceptors (Lipinski definition) is 9. The van der Waals surface area contributed by atoms with Crippen molar-refractivity contribution in [3.8, 4) is 23.1 Å². The fraction of sp³-hybridized carbons (Fsp3) is 0.250. The average Bonchev–Trinajstić information content (AvgIpc) is 3.28. The Morgan fingerprint density at radius 2 is 2.03 bits per heavy atom. The van der Waals surface area contributed by atoms with Gasteiger partial charge in [0.05, 0.1) is 41.6 Å². The normalized spacial score (nSPS) is 10.8. The van der Waals surface area contributed by atoms with E-state index in [1.807, 2.05) is 62.1 Å². The van der Waals surface area contributed by atoms with Gasteiger partial charge >= 0.3 is 0 Å². The maximum absolute atomic E-state index is 12.3. The summed E-state index contributed by atoms with van der Waals surface area (Å²) in [6.45, 7) is 5.11. The van der Waals surface area contributed by atoms with Crippen molar-refractivity contribution in [3.63, 3.8) is 0 Å². The van der Waals surface area contributed by atoms with Gasteiger partial charge in [0.15, 0.2) is 0 Å². The summed E-state index contributed by atoms with van der Waals surface area (Å²) in [6, 6.07) is 9.59. The van der Waals surface area contributed by atoms with Gasteiger partial charge in [-0.2, -0.15) is 5.26 Å². The minimum absolute atomic E-state index is 0.262. The molecule has 0 aliphatic heterocycles. The molecule has 0 saturated carbocycles. The van der Waals surface area contributed by atoms with Crippen LogP contribution in [0.3, 0.4) is 0 Å². The van der Waals surface area contributed by atoms with E-state index in [9.17, 15) is 10.1 Å². The third-order valence-electron chi connectivity index (χ3n) is 6.20. The number of nitrogens with one attached hydrogen (secondary N) is 2. The standard InChI is InChI=1S/C28H31N9O2/c1-7-25(38)32-21-13-22(24(39-6)14-23(21)36(4)12-11-35(2)3)33-28-31-16-18(15-29)26(34-28)20-17-37(5)27-19(20)9-8-10-30-27/h7-10,13-14,16-17H,1,11-12H2,2-6H3,(H,32,38)(H,31,33,34). The molecule has 0 spiro atoms. The number of carbonyl (C=O) groups excluding carboxylic acids is 1. The van der Waals surface area contributed by atoms with E-state index in [2.05, 4.69) is 38.1 Å². The molecule has 0 unspecified atom stereocenters. The first-order chi connectivity index (χ1) is 18.7. The van der Waals surface area contributed by atoms with E-state index >= 15 is 0 Å². The van der Waals surface area contributed by atoms with Crippen molar-refractivity contribution in [1.82, 2.24) is 24.4 Å². The lowest BCUT2D eigenvalue weighted by Gasteiger charge is -2.26. The summed E-state index contributed by atoms with van der Waals surface area (Å²) in [5.74, 6) is 0.454. The van der Waals surface area contributed by atoms with Gasteiger partial charge in [0.2, 0.25) is 11.9 Å². The van der Waals surface area contributed by atoms with E-state index in [4.69, 9.17) is 9.72 Å².